The number of hydrogen-bond acceptors (Lipinski definition) is 5. The van der Waals surface area contributed by atoms with Crippen molar-refractivity contribution in [2.45, 2.75) is 45.4 Å². The zero-order valence-electron chi connectivity index (χ0n) is 16.3. The maximum Gasteiger partial charge on any atom is 0.421 e. The van der Waals surface area contributed by atoms with Crippen molar-refractivity contribution in [2.24, 2.45) is 5.92 Å². The third-order valence-corrected chi connectivity index (χ3v) is 4.36. The first kappa shape index (κ1) is 22.7. The topological polar surface area (TPSA) is 84.7 Å². The molecule has 11 heteroatoms. The quantitative estimate of drug-likeness (QED) is 0.440. The van der Waals surface area contributed by atoms with Crippen LogP contribution in [0.2, 0.25) is 0 Å². The molecule has 1 aromatic rings. The predicted octanol–water partition coefficient (Wildman–Crippen LogP) is 4.49. The summed E-state index contributed by atoms with van der Waals surface area (Å²) in [5.41, 5.74) is -3.93. The van der Waals surface area contributed by atoms with Gasteiger partial charge in [-0.25, -0.2) is 9.18 Å². The molecular formula is C18H23F4N3O4. The zero-order chi connectivity index (χ0) is 22.0. The number of nitro groups is 1. The van der Waals surface area contributed by atoms with Gasteiger partial charge in [0.05, 0.1) is 4.92 Å². The lowest BCUT2D eigenvalue weighted by Crippen LogP contribution is -2.43. The number of piperidine rings is 1. The molecule has 1 amide bonds. The SMILES string of the molecule is CC(C)(C)OC(=O)NC[C@@H]1CCCN(c2c([N+](=O)[O-])ccc(F)c2C(F)(F)F)C1. The van der Waals surface area contributed by atoms with Gasteiger partial charge in [-0.1, -0.05) is 0 Å². The van der Waals surface area contributed by atoms with Gasteiger partial charge in [-0.3, -0.25) is 10.1 Å². The second-order valence-corrected chi connectivity index (χ2v) is 7.88. The number of nitro benzene ring substituents is 1. The molecule has 1 saturated heterocycles. The molecule has 0 bridgehead atoms. The Hall–Kier alpha value is -2.59. The summed E-state index contributed by atoms with van der Waals surface area (Å²) in [6.07, 6.45) is -4.72. The summed E-state index contributed by atoms with van der Waals surface area (Å²) < 4.78 is 59.5. The van der Waals surface area contributed by atoms with Gasteiger partial charge in [-0.05, 0) is 45.6 Å². The number of anilines is 1. The van der Waals surface area contributed by atoms with Gasteiger partial charge in [-0.2, -0.15) is 13.2 Å². The maximum absolute atomic E-state index is 14.0. The molecule has 162 valence electrons. The predicted molar refractivity (Wildman–Crippen MR) is 97.2 cm³/mol. The van der Waals surface area contributed by atoms with Gasteiger partial charge in [-0.15, -0.1) is 0 Å². The van der Waals surface area contributed by atoms with Crippen LogP contribution in [0.15, 0.2) is 12.1 Å². The molecule has 1 aliphatic rings. The van der Waals surface area contributed by atoms with Crippen molar-refractivity contribution < 1.29 is 32.0 Å². The maximum atomic E-state index is 14.0. The average Bonchev–Trinajstić information content (AvgIpc) is 2.57. The molecule has 1 aliphatic heterocycles. The Morgan fingerprint density at radius 3 is 2.55 bits per heavy atom. The number of ether oxygens (including phenoxy) is 1. The van der Waals surface area contributed by atoms with Gasteiger partial charge in [0.15, 0.2) is 0 Å². The molecule has 7 nitrogen and oxygen atoms in total. The smallest absolute Gasteiger partial charge is 0.421 e. The Morgan fingerprint density at radius 2 is 2.00 bits per heavy atom. The van der Waals surface area contributed by atoms with Gasteiger partial charge >= 0.3 is 12.3 Å². The standard InChI is InChI=1S/C18H23F4N3O4/c1-17(2,3)29-16(26)23-9-11-5-4-8-24(10-11)15-13(25(27)28)7-6-12(19)14(15)18(20,21)22/h6-7,11H,4-5,8-10H2,1-3H3,(H,23,26)/t11-/m0/s1. The van der Waals surface area contributed by atoms with Crippen molar-refractivity contribution in [1.82, 2.24) is 5.32 Å². The van der Waals surface area contributed by atoms with Crippen LogP contribution in [0.5, 0.6) is 0 Å². The number of carbonyl (C=O) groups is 1. The molecular weight excluding hydrogens is 398 g/mol. The molecule has 0 aromatic heterocycles. The van der Waals surface area contributed by atoms with Crippen LogP contribution in [0.1, 0.15) is 39.2 Å². The summed E-state index contributed by atoms with van der Waals surface area (Å²) in [5.74, 6) is -1.84. The molecule has 1 fully saturated rings. The van der Waals surface area contributed by atoms with Crippen molar-refractivity contribution in [2.75, 3.05) is 24.5 Å². The van der Waals surface area contributed by atoms with Gasteiger partial charge in [0, 0.05) is 25.7 Å². The van der Waals surface area contributed by atoms with Crippen LogP contribution in [-0.4, -0.2) is 36.3 Å². The Labute approximate surface area is 165 Å². The molecule has 1 N–H and O–H groups in total. The fourth-order valence-corrected chi connectivity index (χ4v) is 3.27. The summed E-state index contributed by atoms with van der Waals surface area (Å²) in [4.78, 5) is 23.3. The van der Waals surface area contributed by atoms with Crippen molar-refractivity contribution >= 4 is 17.5 Å². The van der Waals surface area contributed by atoms with E-state index < -0.39 is 45.5 Å². The Morgan fingerprint density at radius 1 is 1.34 bits per heavy atom. The number of carbonyl (C=O) groups excluding carboxylic acids is 1. The first-order chi connectivity index (χ1) is 13.3. The van der Waals surface area contributed by atoms with Gasteiger partial charge in [0.2, 0.25) is 0 Å². The average molecular weight is 421 g/mol. The first-order valence-electron chi connectivity index (χ1n) is 9.05. The Kier molecular flexibility index (Phi) is 6.59. The second kappa shape index (κ2) is 8.42. The molecule has 29 heavy (non-hydrogen) atoms. The van der Waals surface area contributed by atoms with Crippen molar-refractivity contribution in [3.05, 3.63) is 33.6 Å². The summed E-state index contributed by atoms with van der Waals surface area (Å²) in [6.45, 7) is 5.30. The Bertz CT molecular complexity index is 778. The van der Waals surface area contributed by atoms with Crippen molar-refractivity contribution in [1.29, 1.82) is 0 Å². The number of nitrogens with one attached hydrogen (secondary N) is 1. The monoisotopic (exact) mass is 421 g/mol. The lowest BCUT2D eigenvalue weighted by Gasteiger charge is -2.35. The van der Waals surface area contributed by atoms with E-state index in [-0.39, 0.29) is 25.6 Å². The molecule has 1 aromatic carbocycles. The number of halogens is 4. The minimum absolute atomic E-state index is 0.00315. The van der Waals surface area contributed by atoms with Gasteiger partial charge in [0.25, 0.3) is 5.69 Å². The molecule has 2 rings (SSSR count). The third kappa shape index (κ3) is 5.94. The fraction of sp³-hybridized carbons (Fsp3) is 0.611. The third-order valence-electron chi connectivity index (χ3n) is 4.36. The number of hydrogen-bond donors (Lipinski definition) is 1. The minimum Gasteiger partial charge on any atom is -0.444 e. The van der Waals surface area contributed by atoms with Crippen molar-refractivity contribution in [3.63, 3.8) is 0 Å². The Balaban J connectivity index is 2.25. The van der Waals surface area contributed by atoms with E-state index in [0.717, 1.165) is 6.07 Å². The van der Waals surface area contributed by atoms with E-state index in [1.54, 1.807) is 20.8 Å². The summed E-state index contributed by atoms with van der Waals surface area (Å²) in [6, 6.07) is 1.19. The van der Waals surface area contributed by atoms with E-state index in [1.165, 1.54) is 4.90 Å². The number of alkyl halides is 3. The van der Waals surface area contributed by atoms with Crippen LogP contribution >= 0.6 is 0 Å². The normalized spacial score (nSPS) is 17.8. The highest BCUT2D eigenvalue weighted by atomic mass is 19.4. The van der Waals surface area contributed by atoms with Crippen LogP contribution in [0, 0.1) is 21.8 Å². The highest BCUT2D eigenvalue weighted by Crippen LogP contribution is 2.44. The van der Waals surface area contributed by atoms with Crippen LogP contribution in [0.25, 0.3) is 0 Å². The largest absolute Gasteiger partial charge is 0.444 e. The van der Waals surface area contributed by atoms with E-state index in [1.807, 2.05) is 0 Å². The summed E-state index contributed by atoms with van der Waals surface area (Å²) in [5, 5.41) is 13.9. The lowest BCUT2D eigenvalue weighted by atomic mass is 9.96. The molecule has 0 saturated carbocycles. The van der Waals surface area contributed by atoms with E-state index in [4.69, 9.17) is 4.74 Å². The summed E-state index contributed by atoms with van der Waals surface area (Å²) in [7, 11) is 0. The molecule has 0 radical (unpaired) electrons. The molecule has 1 atom stereocenters. The van der Waals surface area contributed by atoms with Crippen LogP contribution in [-0.2, 0) is 10.9 Å². The highest BCUT2D eigenvalue weighted by Gasteiger charge is 2.43. The second-order valence-electron chi connectivity index (χ2n) is 7.88. The van der Waals surface area contributed by atoms with E-state index >= 15 is 0 Å². The number of rotatable bonds is 4. The number of benzene rings is 1. The number of amides is 1. The summed E-state index contributed by atoms with van der Waals surface area (Å²) >= 11 is 0. The first-order valence-corrected chi connectivity index (χ1v) is 9.05. The number of nitrogens with zero attached hydrogens (tertiary/aromatic N) is 2. The van der Waals surface area contributed by atoms with E-state index in [2.05, 4.69) is 5.32 Å². The van der Waals surface area contributed by atoms with Crippen LogP contribution in [0.4, 0.5) is 33.7 Å². The minimum atomic E-state index is -5.09. The van der Waals surface area contributed by atoms with Crippen molar-refractivity contribution in [3.8, 4) is 0 Å². The van der Waals surface area contributed by atoms with E-state index in [9.17, 15) is 32.5 Å². The molecule has 0 aliphatic carbocycles. The van der Waals surface area contributed by atoms with Crippen LogP contribution in [0.3, 0.4) is 0 Å². The molecule has 1 heterocycles. The van der Waals surface area contributed by atoms with Gasteiger partial charge in [0.1, 0.15) is 22.7 Å². The number of alkyl carbamates (subject to hydrolysis) is 1. The molecule has 0 unspecified atom stereocenters. The fourth-order valence-electron chi connectivity index (χ4n) is 3.27. The zero-order valence-corrected chi connectivity index (χ0v) is 16.3. The van der Waals surface area contributed by atoms with Crippen LogP contribution < -0.4 is 10.2 Å². The lowest BCUT2D eigenvalue weighted by molar-refractivity contribution is -0.384. The van der Waals surface area contributed by atoms with Gasteiger partial charge < -0.3 is 15.0 Å². The molecule has 0 spiro atoms. The van der Waals surface area contributed by atoms with E-state index in [0.29, 0.717) is 18.9 Å². The highest BCUT2D eigenvalue weighted by molar-refractivity contribution is 5.70.